The molecule has 10 heteroatoms. The van der Waals surface area contributed by atoms with Gasteiger partial charge in [0.1, 0.15) is 23.3 Å². The van der Waals surface area contributed by atoms with Crippen molar-refractivity contribution < 1.29 is 37.3 Å². The van der Waals surface area contributed by atoms with E-state index in [1.54, 1.807) is 30.3 Å². The van der Waals surface area contributed by atoms with Gasteiger partial charge in [-0.1, -0.05) is 41.9 Å². The zero-order valence-corrected chi connectivity index (χ0v) is 19.5. The van der Waals surface area contributed by atoms with E-state index in [0.717, 1.165) is 0 Å². The Morgan fingerprint density at radius 2 is 1.81 bits per heavy atom. The summed E-state index contributed by atoms with van der Waals surface area (Å²) in [6.07, 6.45) is -4.69. The van der Waals surface area contributed by atoms with Gasteiger partial charge in [0.2, 0.25) is 0 Å². The summed E-state index contributed by atoms with van der Waals surface area (Å²) < 4.78 is 51.9. The van der Waals surface area contributed by atoms with Crippen molar-refractivity contribution in [2.75, 3.05) is 6.61 Å². The molecule has 2 unspecified atom stereocenters. The number of alkyl halides is 3. The molecular weight excluding hydrogens is 499 g/mol. The molecule has 0 fully saturated rings. The minimum atomic E-state index is -4.63. The van der Waals surface area contributed by atoms with Crippen LogP contribution in [0, 0.1) is 0 Å². The number of rotatable bonds is 7. The summed E-state index contributed by atoms with van der Waals surface area (Å²) in [5.41, 5.74) is 0.922. The van der Waals surface area contributed by atoms with Crippen molar-refractivity contribution in [3.8, 4) is 17.2 Å². The molecule has 36 heavy (non-hydrogen) atoms. The molecule has 4 rings (SSSR count). The van der Waals surface area contributed by atoms with Gasteiger partial charge in [-0.25, -0.2) is 0 Å². The number of hydrogen-bond acceptors (Lipinski definition) is 4. The fourth-order valence-electron chi connectivity index (χ4n) is 3.87. The van der Waals surface area contributed by atoms with Crippen molar-refractivity contribution in [2.24, 2.45) is 0 Å². The topological polar surface area (TPSA) is 84.9 Å². The first kappa shape index (κ1) is 25.4. The Hall–Kier alpha value is -3.72. The molecule has 1 aliphatic rings. The Balaban J connectivity index is 1.46. The maximum Gasteiger partial charge on any atom is 0.408 e. The number of ether oxygens (including phenoxy) is 2. The fraction of sp³-hybridized carbons (Fsp3) is 0.231. The van der Waals surface area contributed by atoms with Crippen LogP contribution in [0.4, 0.5) is 13.2 Å². The van der Waals surface area contributed by atoms with E-state index >= 15 is 0 Å². The highest BCUT2D eigenvalue weighted by Gasteiger charge is 2.40. The Bertz CT molecular complexity index is 1250. The largest absolute Gasteiger partial charge is 0.493 e. The molecule has 188 valence electrons. The lowest BCUT2D eigenvalue weighted by Gasteiger charge is -2.24. The first-order chi connectivity index (χ1) is 17.1. The van der Waals surface area contributed by atoms with Crippen LogP contribution in [0.25, 0.3) is 0 Å². The van der Waals surface area contributed by atoms with Crippen LogP contribution in [0.3, 0.4) is 0 Å². The van der Waals surface area contributed by atoms with Crippen LogP contribution in [0.2, 0.25) is 5.02 Å². The summed E-state index contributed by atoms with van der Waals surface area (Å²) in [6.45, 7) is 0.234. The molecule has 0 radical (unpaired) electrons. The second-order valence-corrected chi connectivity index (χ2v) is 8.64. The van der Waals surface area contributed by atoms with Crippen LogP contribution in [-0.4, -0.2) is 35.8 Å². The first-order valence-electron chi connectivity index (χ1n) is 11.0. The van der Waals surface area contributed by atoms with E-state index in [2.05, 4.69) is 5.32 Å². The molecule has 0 aromatic heterocycles. The molecule has 3 aromatic carbocycles. The van der Waals surface area contributed by atoms with Gasteiger partial charge in [-0.05, 0) is 42.3 Å². The average Bonchev–Trinajstić information content (AvgIpc) is 2.84. The van der Waals surface area contributed by atoms with Crippen molar-refractivity contribution in [3.05, 3.63) is 88.4 Å². The molecule has 6 nitrogen and oxygen atoms in total. The third-order valence-corrected chi connectivity index (χ3v) is 6.02. The number of fused-ring (bicyclic) bond motifs is 1. The van der Waals surface area contributed by atoms with E-state index in [1.807, 2.05) is 0 Å². The number of amides is 1. The zero-order valence-electron chi connectivity index (χ0n) is 18.7. The van der Waals surface area contributed by atoms with Crippen LogP contribution in [0.15, 0.2) is 66.7 Å². The summed E-state index contributed by atoms with van der Waals surface area (Å²) in [5, 5.41) is 11.6. The fourth-order valence-corrected chi connectivity index (χ4v) is 4.08. The predicted molar refractivity (Wildman–Crippen MR) is 126 cm³/mol. The van der Waals surface area contributed by atoms with E-state index in [4.69, 9.17) is 21.1 Å². The van der Waals surface area contributed by atoms with Gasteiger partial charge in [-0.15, -0.1) is 0 Å². The summed E-state index contributed by atoms with van der Waals surface area (Å²) in [5.74, 6) is -1.76. The number of carboxylic acid groups (broad SMARTS) is 1. The Morgan fingerprint density at radius 1 is 1.11 bits per heavy atom. The highest BCUT2D eigenvalue weighted by Crippen LogP contribution is 2.41. The summed E-state index contributed by atoms with van der Waals surface area (Å²) >= 11 is 6.29. The molecule has 1 heterocycles. The van der Waals surface area contributed by atoms with E-state index in [0.29, 0.717) is 23.3 Å². The van der Waals surface area contributed by atoms with E-state index in [-0.39, 0.29) is 35.1 Å². The highest BCUT2D eigenvalue weighted by molar-refractivity contribution is 6.32. The standard InChI is InChI=1S/C26H21ClF3NO5/c27-20-13-19-18(25(33)34)10-11-35-21(19)14-22(20)36-17-8-6-16(7-9-17)24(32)31-23(26(28,29)30)12-15-4-2-1-3-5-15/h1-9,13-14,18,23H,10-12H2,(H,31,32)(H,33,34). The van der Waals surface area contributed by atoms with Crippen LogP contribution in [-0.2, 0) is 11.2 Å². The number of carbonyl (C=O) groups is 2. The van der Waals surface area contributed by atoms with Gasteiger partial charge in [0.05, 0.1) is 17.5 Å². The number of carboxylic acids is 1. The molecule has 0 spiro atoms. The van der Waals surface area contributed by atoms with Crippen molar-refractivity contribution in [2.45, 2.75) is 31.0 Å². The highest BCUT2D eigenvalue weighted by atomic mass is 35.5. The quantitative estimate of drug-likeness (QED) is 0.401. The lowest BCUT2D eigenvalue weighted by Crippen LogP contribution is -2.46. The molecule has 0 saturated carbocycles. The normalized spacial score (nSPS) is 15.8. The first-order valence-corrected chi connectivity index (χ1v) is 11.4. The van der Waals surface area contributed by atoms with E-state index in [1.165, 1.54) is 36.4 Å². The van der Waals surface area contributed by atoms with Gasteiger partial charge in [0, 0.05) is 23.6 Å². The number of nitrogens with one attached hydrogen (secondary N) is 1. The molecule has 2 N–H and O–H groups in total. The van der Waals surface area contributed by atoms with Gasteiger partial charge in [-0.3, -0.25) is 9.59 Å². The molecule has 1 aliphatic heterocycles. The minimum Gasteiger partial charge on any atom is -0.493 e. The lowest BCUT2D eigenvalue weighted by atomic mass is 9.93. The van der Waals surface area contributed by atoms with Crippen LogP contribution < -0.4 is 14.8 Å². The van der Waals surface area contributed by atoms with Gasteiger partial charge in [-0.2, -0.15) is 13.2 Å². The minimum absolute atomic E-state index is 0.0221. The second-order valence-electron chi connectivity index (χ2n) is 8.23. The van der Waals surface area contributed by atoms with Crippen molar-refractivity contribution in [3.63, 3.8) is 0 Å². The molecular formula is C26H21ClF3NO5. The molecule has 2 atom stereocenters. The number of aliphatic carboxylic acids is 1. The summed E-state index contributed by atoms with van der Waals surface area (Å²) in [6, 6.07) is 14.5. The number of hydrogen-bond donors (Lipinski definition) is 2. The zero-order chi connectivity index (χ0) is 25.9. The Morgan fingerprint density at radius 3 is 2.44 bits per heavy atom. The van der Waals surface area contributed by atoms with Crippen LogP contribution >= 0.6 is 11.6 Å². The van der Waals surface area contributed by atoms with Crippen molar-refractivity contribution in [1.82, 2.24) is 5.32 Å². The summed E-state index contributed by atoms with van der Waals surface area (Å²) in [4.78, 5) is 24.0. The van der Waals surface area contributed by atoms with Gasteiger partial charge in [0.25, 0.3) is 5.91 Å². The number of benzene rings is 3. The van der Waals surface area contributed by atoms with Crippen molar-refractivity contribution in [1.29, 1.82) is 0 Å². The molecule has 1 amide bonds. The van der Waals surface area contributed by atoms with Gasteiger partial charge in [0.15, 0.2) is 0 Å². The Kier molecular flexibility index (Phi) is 7.40. The summed E-state index contributed by atoms with van der Waals surface area (Å²) in [7, 11) is 0. The molecule has 0 bridgehead atoms. The van der Waals surface area contributed by atoms with Crippen LogP contribution in [0.5, 0.6) is 17.2 Å². The van der Waals surface area contributed by atoms with Gasteiger partial charge < -0.3 is 19.9 Å². The lowest BCUT2D eigenvalue weighted by molar-refractivity contribution is -0.153. The van der Waals surface area contributed by atoms with E-state index < -0.39 is 30.0 Å². The monoisotopic (exact) mass is 519 g/mol. The molecule has 3 aromatic rings. The van der Waals surface area contributed by atoms with E-state index in [9.17, 15) is 27.9 Å². The average molecular weight is 520 g/mol. The molecule has 0 aliphatic carbocycles. The third kappa shape index (κ3) is 5.91. The maximum atomic E-state index is 13.5. The molecule has 0 saturated heterocycles. The number of carbonyl (C=O) groups excluding carboxylic acids is 1. The maximum absolute atomic E-state index is 13.5. The number of halogens is 4. The predicted octanol–water partition coefficient (Wildman–Crippen LogP) is 5.99. The van der Waals surface area contributed by atoms with Crippen LogP contribution in [0.1, 0.15) is 33.8 Å². The Labute approximate surface area is 209 Å². The third-order valence-electron chi connectivity index (χ3n) is 5.73. The second kappa shape index (κ2) is 10.5. The van der Waals surface area contributed by atoms with Gasteiger partial charge >= 0.3 is 12.1 Å². The smallest absolute Gasteiger partial charge is 0.408 e. The van der Waals surface area contributed by atoms with Crippen molar-refractivity contribution >= 4 is 23.5 Å². The SMILES string of the molecule is O=C(NC(Cc1ccccc1)C(F)(F)F)c1ccc(Oc2cc3c(cc2Cl)C(C(=O)O)CCO3)cc1.